The fourth-order valence-corrected chi connectivity index (χ4v) is 2.93. The molecule has 0 bridgehead atoms. The quantitative estimate of drug-likeness (QED) is 0.685. The lowest BCUT2D eigenvalue weighted by atomic mass is 10.1. The Hall–Kier alpha value is -2.76. The molecule has 0 aliphatic heterocycles. The summed E-state index contributed by atoms with van der Waals surface area (Å²) in [7, 11) is 0. The van der Waals surface area contributed by atoms with Crippen molar-refractivity contribution >= 4 is 11.8 Å². The summed E-state index contributed by atoms with van der Waals surface area (Å²) in [5, 5.41) is 3.03. The van der Waals surface area contributed by atoms with Crippen LogP contribution in [0.15, 0.2) is 42.7 Å². The zero-order valence-electron chi connectivity index (χ0n) is 17.0. The van der Waals surface area contributed by atoms with E-state index < -0.39 is 0 Å². The van der Waals surface area contributed by atoms with Crippen LogP contribution >= 0.6 is 0 Å². The highest BCUT2D eigenvalue weighted by Crippen LogP contribution is 2.06. The minimum atomic E-state index is -0.181. The number of aromatic nitrogens is 2. The zero-order valence-corrected chi connectivity index (χ0v) is 17.0. The van der Waals surface area contributed by atoms with Gasteiger partial charge in [0.15, 0.2) is 0 Å². The third kappa shape index (κ3) is 7.10. The zero-order chi connectivity index (χ0) is 20.4. The average molecular weight is 383 g/mol. The van der Waals surface area contributed by atoms with Crippen LogP contribution in [-0.4, -0.2) is 45.8 Å². The second-order valence-corrected chi connectivity index (χ2v) is 7.08. The molecule has 0 fully saturated rings. The molecule has 0 spiro atoms. The van der Waals surface area contributed by atoms with E-state index in [1.54, 1.807) is 11.1 Å². The van der Waals surface area contributed by atoms with E-state index in [0.29, 0.717) is 18.8 Å². The van der Waals surface area contributed by atoms with Crippen LogP contribution < -0.4 is 5.32 Å². The van der Waals surface area contributed by atoms with Crippen molar-refractivity contribution in [3.05, 3.63) is 59.7 Å². The highest BCUT2D eigenvalue weighted by atomic mass is 16.2. The van der Waals surface area contributed by atoms with Gasteiger partial charge in [-0.1, -0.05) is 37.3 Å². The van der Waals surface area contributed by atoms with E-state index in [2.05, 4.69) is 27.4 Å². The molecular weight excluding hydrogens is 352 g/mol. The molecule has 1 aromatic heterocycles. The largest absolute Gasteiger partial charge is 0.354 e. The van der Waals surface area contributed by atoms with Crippen LogP contribution in [-0.2, 0) is 11.2 Å². The summed E-state index contributed by atoms with van der Waals surface area (Å²) < 4.78 is 0. The molecule has 0 aliphatic rings. The summed E-state index contributed by atoms with van der Waals surface area (Å²) in [4.78, 5) is 34.9. The molecule has 6 heteroatoms. The monoisotopic (exact) mass is 382 g/mol. The molecule has 1 heterocycles. The molecule has 2 amide bonds. The molecule has 0 saturated heterocycles. The molecule has 0 unspecified atom stereocenters. The van der Waals surface area contributed by atoms with Gasteiger partial charge in [0.25, 0.3) is 5.91 Å². The Morgan fingerprint density at radius 1 is 1.11 bits per heavy atom. The van der Waals surface area contributed by atoms with Gasteiger partial charge in [0.2, 0.25) is 5.91 Å². The SMILES string of the molecule is CCCN(CCC(=O)N[C@H](C)CCc1ccccc1)C(=O)c1cnc(C)cn1. The number of hydrogen-bond acceptors (Lipinski definition) is 4. The summed E-state index contributed by atoms with van der Waals surface area (Å²) in [6.07, 6.45) is 5.98. The van der Waals surface area contributed by atoms with Gasteiger partial charge in [0.1, 0.15) is 5.69 Å². The lowest BCUT2D eigenvalue weighted by Gasteiger charge is -2.22. The summed E-state index contributed by atoms with van der Waals surface area (Å²) in [5.74, 6) is -0.219. The maximum absolute atomic E-state index is 12.6. The predicted molar refractivity (Wildman–Crippen MR) is 110 cm³/mol. The first-order valence-corrected chi connectivity index (χ1v) is 9.90. The standard InChI is InChI=1S/C22H30N4O2/c1-4-13-26(22(28)20-16-23-18(3)15-24-20)14-12-21(27)25-17(2)10-11-19-8-6-5-7-9-19/h5-9,15-17H,4,10-14H2,1-3H3,(H,25,27)/t17-/m1/s1. The van der Waals surface area contributed by atoms with Gasteiger partial charge in [-0.2, -0.15) is 0 Å². The molecule has 6 nitrogen and oxygen atoms in total. The summed E-state index contributed by atoms with van der Waals surface area (Å²) >= 11 is 0. The topological polar surface area (TPSA) is 75.2 Å². The Labute approximate surface area is 167 Å². The van der Waals surface area contributed by atoms with Gasteiger partial charge in [-0.15, -0.1) is 0 Å². The summed E-state index contributed by atoms with van der Waals surface area (Å²) in [5.41, 5.74) is 2.35. The van der Waals surface area contributed by atoms with Crippen LogP contribution in [0, 0.1) is 6.92 Å². The Morgan fingerprint density at radius 2 is 1.86 bits per heavy atom. The lowest BCUT2D eigenvalue weighted by Crippen LogP contribution is -2.38. The Bertz CT molecular complexity index is 747. The van der Waals surface area contributed by atoms with E-state index in [9.17, 15) is 9.59 Å². The van der Waals surface area contributed by atoms with Crippen molar-refractivity contribution in [2.45, 2.75) is 52.5 Å². The number of nitrogens with zero attached hydrogens (tertiary/aromatic N) is 3. The minimum Gasteiger partial charge on any atom is -0.354 e. The third-order valence-corrected chi connectivity index (χ3v) is 4.51. The van der Waals surface area contributed by atoms with Gasteiger partial charge in [-0.3, -0.25) is 14.6 Å². The van der Waals surface area contributed by atoms with Crippen LogP contribution in [0.2, 0.25) is 0 Å². The second kappa shape index (κ2) is 11.2. The molecule has 1 aromatic carbocycles. The highest BCUT2D eigenvalue weighted by molar-refractivity contribution is 5.92. The highest BCUT2D eigenvalue weighted by Gasteiger charge is 2.18. The molecule has 0 saturated carbocycles. The molecule has 0 radical (unpaired) electrons. The molecule has 1 atom stereocenters. The lowest BCUT2D eigenvalue weighted by molar-refractivity contribution is -0.121. The van der Waals surface area contributed by atoms with Crippen LogP contribution in [0.5, 0.6) is 0 Å². The fraction of sp³-hybridized carbons (Fsp3) is 0.455. The van der Waals surface area contributed by atoms with Crippen molar-refractivity contribution < 1.29 is 9.59 Å². The first kappa shape index (κ1) is 21.5. The first-order chi connectivity index (χ1) is 13.5. The molecule has 150 valence electrons. The Balaban J connectivity index is 1.80. The van der Waals surface area contributed by atoms with Gasteiger partial charge in [0, 0.05) is 31.7 Å². The number of amides is 2. The molecule has 28 heavy (non-hydrogen) atoms. The maximum atomic E-state index is 12.6. The Kier molecular flexibility index (Phi) is 8.59. The van der Waals surface area contributed by atoms with Crippen molar-refractivity contribution in [2.24, 2.45) is 0 Å². The van der Waals surface area contributed by atoms with E-state index in [4.69, 9.17) is 0 Å². The molecular formula is C22H30N4O2. The smallest absolute Gasteiger partial charge is 0.274 e. The van der Waals surface area contributed by atoms with E-state index >= 15 is 0 Å². The van der Waals surface area contributed by atoms with Crippen LogP contribution in [0.1, 0.15) is 54.9 Å². The third-order valence-electron chi connectivity index (χ3n) is 4.51. The van der Waals surface area contributed by atoms with Crippen LogP contribution in [0.25, 0.3) is 0 Å². The van der Waals surface area contributed by atoms with Crippen molar-refractivity contribution in [3.8, 4) is 0 Å². The molecule has 1 N–H and O–H groups in total. The van der Waals surface area contributed by atoms with E-state index in [1.165, 1.54) is 11.8 Å². The number of hydrogen-bond donors (Lipinski definition) is 1. The van der Waals surface area contributed by atoms with Crippen LogP contribution in [0.4, 0.5) is 0 Å². The van der Waals surface area contributed by atoms with Crippen molar-refractivity contribution in [1.29, 1.82) is 0 Å². The van der Waals surface area contributed by atoms with Crippen LogP contribution in [0.3, 0.4) is 0 Å². The van der Waals surface area contributed by atoms with Gasteiger partial charge in [0.05, 0.1) is 11.9 Å². The van der Waals surface area contributed by atoms with E-state index in [1.807, 2.05) is 39.0 Å². The number of carbonyl (C=O) groups is 2. The second-order valence-electron chi connectivity index (χ2n) is 7.08. The van der Waals surface area contributed by atoms with Gasteiger partial charge in [-0.05, 0) is 38.7 Å². The van der Waals surface area contributed by atoms with Crippen molar-refractivity contribution in [3.63, 3.8) is 0 Å². The van der Waals surface area contributed by atoms with E-state index in [0.717, 1.165) is 25.0 Å². The maximum Gasteiger partial charge on any atom is 0.274 e. The fourth-order valence-electron chi connectivity index (χ4n) is 2.93. The van der Waals surface area contributed by atoms with Gasteiger partial charge < -0.3 is 10.2 Å². The number of carbonyl (C=O) groups excluding carboxylic acids is 2. The molecule has 2 rings (SSSR count). The van der Waals surface area contributed by atoms with Gasteiger partial charge >= 0.3 is 0 Å². The summed E-state index contributed by atoms with van der Waals surface area (Å²) in [6, 6.07) is 10.3. The summed E-state index contributed by atoms with van der Waals surface area (Å²) in [6.45, 7) is 6.81. The molecule has 2 aromatic rings. The average Bonchev–Trinajstić information content (AvgIpc) is 2.70. The predicted octanol–water partition coefficient (Wildman–Crippen LogP) is 3.16. The first-order valence-electron chi connectivity index (χ1n) is 9.90. The number of rotatable bonds is 10. The Morgan fingerprint density at radius 3 is 2.50 bits per heavy atom. The van der Waals surface area contributed by atoms with Gasteiger partial charge in [-0.25, -0.2) is 4.98 Å². The molecule has 0 aliphatic carbocycles. The van der Waals surface area contributed by atoms with Crippen molar-refractivity contribution in [2.75, 3.05) is 13.1 Å². The normalized spacial score (nSPS) is 11.7. The number of benzene rings is 1. The minimum absolute atomic E-state index is 0.0375. The number of aryl methyl sites for hydroxylation is 2. The number of nitrogens with one attached hydrogen (secondary N) is 1. The van der Waals surface area contributed by atoms with E-state index in [-0.39, 0.29) is 24.3 Å². The van der Waals surface area contributed by atoms with Crippen molar-refractivity contribution in [1.82, 2.24) is 20.2 Å².